The van der Waals surface area contributed by atoms with E-state index in [1.54, 1.807) is 0 Å². The van der Waals surface area contributed by atoms with Crippen LogP contribution in [0.25, 0.3) is 0 Å². The van der Waals surface area contributed by atoms with Crippen molar-refractivity contribution in [2.24, 2.45) is 10.9 Å². The normalized spacial score (nSPS) is 21.8. The van der Waals surface area contributed by atoms with Gasteiger partial charge in [0.15, 0.2) is 5.96 Å². The molecule has 2 unspecified atom stereocenters. The highest BCUT2D eigenvalue weighted by molar-refractivity contribution is 7.10. The van der Waals surface area contributed by atoms with Gasteiger partial charge in [-0.25, -0.2) is 0 Å². The van der Waals surface area contributed by atoms with Crippen LogP contribution in [0.3, 0.4) is 0 Å². The van der Waals surface area contributed by atoms with E-state index in [1.807, 2.05) is 32.2 Å². The Balaban J connectivity index is 1.58. The molecule has 0 aromatic carbocycles. The Bertz CT molecular complexity index is 705. The maximum Gasteiger partial charge on any atom is 0.191 e. The van der Waals surface area contributed by atoms with E-state index >= 15 is 0 Å². The molecule has 6 nitrogen and oxygen atoms in total. The number of guanidine groups is 1. The van der Waals surface area contributed by atoms with Crippen molar-refractivity contribution >= 4 is 17.3 Å². The van der Waals surface area contributed by atoms with Crippen LogP contribution in [-0.2, 0) is 6.54 Å². The fourth-order valence-corrected chi connectivity index (χ4v) is 4.74. The Morgan fingerprint density at radius 3 is 2.92 bits per heavy atom. The number of rotatable bonds is 5. The van der Waals surface area contributed by atoms with Gasteiger partial charge in [-0.1, -0.05) is 11.2 Å². The number of piperidine rings is 1. The molecule has 1 aliphatic heterocycles. The average Bonchev–Trinajstić information content (AvgIpc) is 3.26. The molecule has 0 aliphatic carbocycles. The van der Waals surface area contributed by atoms with Crippen molar-refractivity contribution in [3.63, 3.8) is 0 Å². The first-order valence-corrected chi connectivity index (χ1v) is 10.1. The zero-order valence-corrected chi connectivity index (χ0v) is 16.9. The third-order valence-corrected chi connectivity index (χ3v) is 6.15. The van der Waals surface area contributed by atoms with Gasteiger partial charge in [0.2, 0.25) is 0 Å². The van der Waals surface area contributed by atoms with Gasteiger partial charge >= 0.3 is 0 Å². The summed E-state index contributed by atoms with van der Waals surface area (Å²) in [5.41, 5.74) is 2.03. The van der Waals surface area contributed by atoms with Gasteiger partial charge in [0.1, 0.15) is 5.76 Å². The number of aryl methyl sites for hydroxylation is 2. The summed E-state index contributed by atoms with van der Waals surface area (Å²) in [6, 6.07) is 4.89. The molecule has 2 aromatic rings. The van der Waals surface area contributed by atoms with Crippen molar-refractivity contribution in [1.82, 2.24) is 20.7 Å². The standard InChI is InChI=1S/C19H29N5OS/c1-13-16(14(2)25-23-13)12-22-19(20-3)21-11-15-7-5-9-24(4)18(15)17-8-6-10-26-17/h6,8,10,15,18H,5,7,9,11-12H2,1-4H3,(H2,20,21,22). The highest BCUT2D eigenvalue weighted by Gasteiger charge is 2.31. The summed E-state index contributed by atoms with van der Waals surface area (Å²) in [5.74, 6) is 2.25. The smallest absolute Gasteiger partial charge is 0.191 e. The van der Waals surface area contributed by atoms with Gasteiger partial charge < -0.3 is 15.2 Å². The number of likely N-dealkylation sites (tertiary alicyclic amines) is 1. The van der Waals surface area contributed by atoms with Gasteiger partial charge in [-0.3, -0.25) is 9.89 Å². The van der Waals surface area contributed by atoms with Gasteiger partial charge in [0.25, 0.3) is 0 Å². The maximum atomic E-state index is 5.23. The number of nitrogens with one attached hydrogen (secondary N) is 2. The van der Waals surface area contributed by atoms with E-state index in [2.05, 4.69) is 50.2 Å². The summed E-state index contributed by atoms with van der Waals surface area (Å²) in [6.45, 7) is 6.65. The van der Waals surface area contributed by atoms with E-state index in [9.17, 15) is 0 Å². The SMILES string of the molecule is CN=C(NCc1c(C)noc1C)NCC1CCCN(C)C1c1cccs1. The Labute approximate surface area is 159 Å². The van der Waals surface area contributed by atoms with E-state index in [1.165, 1.54) is 17.7 Å². The summed E-state index contributed by atoms with van der Waals surface area (Å²) in [7, 11) is 4.05. The predicted molar refractivity (Wildman–Crippen MR) is 107 cm³/mol. The maximum absolute atomic E-state index is 5.23. The second-order valence-electron chi connectivity index (χ2n) is 6.95. The topological polar surface area (TPSA) is 65.7 Å². The fraction of sp³-hybridized carbons (Fsp3) is 0.579. The van der Waals surface area contributed by atoms with Gasteiger partial charge in [-0.2, -0.15) is 0 Å². The van der Waals surface area contributed by atoms with Crippen molar-refractivity contribution in [3.8, 4) is 0 Å². The zero-order valence-electron chi connectivity index (χ0n) is 16.1. The number of aliphatic imine (C=N–C) groups is 1. The largest absolute Gasteiger partial charge is 0.361 e. The van der Waals surface area contributed by atoms with E-state index in [-0.39, 0.29) is 0 Å². The molecule has 1 saturated heterocycles. The van der Waals surface area contributed by atoms with Crippen LogP contribution in [0.2, 0.25) is 0 Å². The van der Waals surface area contributed by atoms with Crippen molar-refractivity contribution in [1.29, 1.82) is 0 Å². The van der Waals surface area contributed by atoms with Gasteiger partial charge in [0, 0.05) is 36.6 Å². The molecule has 0 amide bonds. The lowest BCUT2D eigenvalue weighted by Gasteiger charge is -2.39. The van der Waals surface area contributed by atoms with Crippen LogP contribution >= 0.6 is 11.3 Å². The number of aromatic nitrogens is 1. The molecule has 2 aromatic heterocycles. The second-order valence-corrected chi connectivity index (χ2v) is 7.93. The lowest BCUT2D eigenvalue weighted by molar-refractivity contribution is 0.125. The molecule has 0 spiro atoms. The Morgan fingerprint density at radius 1 is 1.42 bits per heavy atom. The Kier molecular flexibility index (Phi) is 6.32. The van der Waals surface area contributed by atoms with E-state index in [4.69, 9.17) is 4.52 Å². The first-order valence-electron chi connectivity index (χ1n) is 9.20. The van der Waals surface area contributed by atoms with Crippen molar-refractivity contribution in [3.05, 3.63) is 39.4 Å². The van der Waals surface area contributed by atoms with E-state index < -0.39 is 0 Å². The summed E-state index contributed by atoms with van der Waals surface area (Å²) >= 11 is 1.86. The molecular formula is C19H29N5OS. The highest BCUT2D eigenvalue weighted by atomic mass is 32.1. The third-order valence-electron chi connectivity index (χ3n) is 5.21. The predicted octanol–water partition coefficient (Wildman–Crippen LogP) is 3.10. The molecular weight excluding hydrogens is 346 g/mol. The molecule has 2 N–H and O–H groups in total. The molecule has 1 fully saturated rings. The Morgan fingerprint density at radius 2 is 2.27 bits per heavy atom. The van der Waals surface area contributed by atoms with Crippen LogP contribution in [0.5, 0.6) is 0 Å². The first kappa shape index (κ1) is 18.9. The molecule has 26 heavy (non-hydrogen) atoms. The van der Waals surface area contributed by atoms with Crippen LogP contribution in [0.15, 0.2) is 27.0 Å². The highest BCUT2D eigenvalue weighted by Crippen LogP contribution is 2.36. The lowest BCUT2D eigenvalue weighted by Crippen LogP contribution is -2.44. The molecule has 7 heteroatoms. The molecule has 3 rings (SSSR count). The molecule has 142 valence electrons. The molecule has 1 aliphatic rings. The summed E-state index contributed by atoms with van der Waals surface area (Å²) < 4.78 is 5.23. The quantitative estimate of drug-likeness (QED) is 0.621. The van der Waals surface area contributed by atoms with Gasteiger partial charge in [-0.05, 0) is 57.6 Å². The van der Waals surface area contributed by atoms with E-state index in [0.717, 1.165) is 36.1 Å². The van der Waals surface area contributed by atoms with E-state index in [0.29, 0.717) is 18.5 Å². The fourth-order valence-electron chi connectivity index (χ4n) is 3.76. The lowest BCUT2D eigenvalue weighted by atomic mass is 9.88. The van der Waals surface area contributed by atoms with Crippen molar-refractivity contribution in [2.75, 3.05) is 27.2 Å². The first-order chi connectivity index (χ1) is 12.6. The molecule has 0 radical (unpaired) electrons. The number of thiophene rings is 1. The monoisotopic (exact) mass is 375 g/mol. The minimum Gasteiger partial charge on any atom is -0.361 e. The van der Waals surface area contributed by atoms with Crippen molar-refractivity contribution < 1.29 is 4.52 Å². The van der Waals surface area contributed by atoms with Gasteiger partial charge in [-0.15, -0.1) is 11.3 Å². The minimum absolute atomic E-state index is 0.483. The summed E-state index contributed by atoms with van der Waals surface area (Å²) in [5, 5.41) is 13.1. The summed E-state index contributed by atoms with van der Waals surface area (Å²) in [4.78, 5) is 8.31. The van der Waals surface area contributed by atoms with Crippen LogP contribution in [0.4, 0.5) is 0 Å². The second kappa shape index (κ2) is 8.68. The molecule has 3 heterocycles. The van der Waals surface area contributed by atoms with Crippen LogP contribution in [0.1, 0.15) is 40.8 Å². The molecule has 0 saturated carbocycles. The van der Waals surface area contributed by atoms with Crippen LogP contribution < -0.4 is 10.6 Å². The third kappa shape index (κ3) is 4.27. The average molecular weight is 376 g/mol. The number of hydrogen-bond donors (Lipinski definition) is 2. The summed E-state index contributed by atoms with van der Waals surface area (Å²) in [6.07, 6.45) is 2.48. The molecule has 2 atom stereocenters. The number of hydrogen-bond acceptors (Lipinski definition) is 5. The molecule has 0 bridgehead atoms. The minimum atomic E-state index is 0.483. The number of nitrogens with zero attached hydrogens (tertiary/aromatic N) is 3. The zero-order chi connectivity index (χ0) is 18.5. The van der Waals surface area contributed by atoms with Crippen LogP contribution in [-0.4, -0.2) is 43.2 Å². The van der Waals surface area contributed by atoms with Crippen molar-refractivity contribution in [2.45, 2.75) is 39.3 Å². The Hall–Kier alpha value is -1.86. The van der Waals surface area contributed by atoms with Gasteiger partial charge in [0.05, 0.1) is 5.69 Å². The van der Waals surface area contributed by atoms with Crippen LogP contribution in [0, 0.1) is 19.8 Å².